The van der Waals surface area contributed by atoms with Gasteiger partial charge in [-0.3, -0.25) is 4.79 Å². The van der Waals surface area contributed by atoms with Gasteiger partial charge < -0.3 is 10.2 Å². The van der Waals surface area contributed by atoms with Crippen LogP contribution < -0.4 is 5.32 Å². The number of nitrogens with one attached hydrogen (secondary N) is 1. The van der Waals surface area contributed by atoms with Crippen LogP contribution >= 0.6 is 0 Å². The third kappa shape index (κ3) is 14.4. The molecule has 152 valence electrons. The zero-order chi connectivity index (χ0) is 18.9. The zero-order valence-electron chi connectivity index (χ0n) is 17.6. The van der Waals surface area contributed by atoms with Crippen LogP contribution in [0.1, 0.15) is 96.3 Å². The number of rotatable bonds is 17. The number of nitrogens with zero attached hydrogens (tertiary/aromatic N) is 1. The fourth-order valence-electron chi connectivity index (χ4n) is 3.75. The monoisotopic (exact) mass is 364 g/mol. The van der Waals surface area contributed by atoms with Crippen LogP contribution in [0.25, 0.3) is 0 Å². The molecular formula is C23H44N2O. The van der Waals surface area contributed by atoms with Crippen molar-refractivity contribution in [1.82, 2.24) is 10.2 Å². The Labute approximate surface area is 163 Å². The summed E-state index contributed by atoms with van der Waals surface area (Å²) in [6, 6.07) is 0. The zero-order valence-corrected chi connectivity index (χ0v) is 17.6. The Kier molecular flexibility index (Phi) is 14.6. The average Bonchev–Trinajstić information content (AvgIpc) is 3.13. The molecule has 26 heavy (non-hydrogen) atoms. The molecule has 3 nitrogen and oxygen atoms in total. The molecule has 0 unspecified atom stereocenters. The first-order valence-electron chi connectivity index (χ1n) is 11.3. The van der Waals surface area contributed by atoms with Crippen molar-refractivity contribution in [2.24, 2.45) is 5.92 Å². The van der Waals surface area contributed by atoms with Crippen LogP contribution in [0.5, 0.6) is 0 Å². The maximum absolute atomic E-state index is 11.7. The molecule has 1 rings (SSSR count). The van der Waals surface area contributed by atoms with E-state index in [4.69, 9.17) is 0 Å². The largest absolute Gasteiger partial charge is 0.356 e. The van der Waals surface area contributed by atoms with Crippen molar-refractivity contribution < 1.29 is 4.79 Å². The van der Waals surface area contributed by atoms with Crippen LogP contribution in [0.4, 0.5) is 0 Å². The minimum absolute atomic E-state index is 0.233. The Bertz CT molecular complexity index is 365. The number of hydrogen-bond acceptors (Lipinski definition) is 2. The number of carbonyl (C=O) groups excluding carboxylic acids is 1. The lowest BCUT2D eigenvalue weighted by molar-refractivity contribution is -0.121. The van der Waals surface area contributed by atoms with Crippen molar-refractivity contribution in [3.63, 3.8) is 0 Å². The highest BCUT2D eigenvalue weighted by atomic mass is 16.1. The van der Waals surface area contributed by atoms with E-state index >= 15 is 0 Å². The molecule has 1 N–H and O–H groups in total. The van der Waals surface area contributed by atoms with Crippen LogP contribution in [-0.4, -0.2) is 38.0 Å². The summed E-state index contributed by atoms with van der Waals surface area (Å²) in [5.41, 5.74) is 0. The van der Waals surface area contributed by atoms with E-state index in [0.717, 1.165) is 31.8 Å². The standard InChI is InChI=1S/C23H44N2O/c1-25(2)21-15-20-24-23(26)19-12-10-8-6-4-3-5-7-9-11-16-22-17-13-14-18-22/h13,17,22H,3-12,14-16,18-21H2,1-2H3,(H,24,26)/t22-/m0/s1. The van der Waals surface area contributed by atoms with E-state index < -0.39 is 0 Å². The van der Waals surface area contributed by atoms with Crippen molar-refractivity contribution in [1.29, 1.82) is 0 Å². The number of amides is 1. The highest BCUT2D eigenvalue weighted by Crippen LogP contribution is 2.23. The van der Waals surface area contributed by atoms with E-state index in [1.54, 1.807) is 0 Å². The fraction of sp³-hybridized carbons (Fsp3) is 0.870. The number of unbranched alkanes of at least 4 members (excludes halogenated alkanes) is 9. The van der Waals surface area contributed by atoms with Gasteiger partial charge in [0.2, 0.25) is 5.91 Å². The summed E-state index contributed by atoms with van der Waals surface area (Å²) < 4.78 is 0. The molecule has 3 heteroatoms. The first-order chi connectivity index (χ1) is 12.7. The summed E-state index contributed by atoms with van der Waals surface area (Å²) in [6.45, 7) is 1.85. The molecule has 0 aromatic heterocycles. The van der Waals surface area contributed by atoms with E-state index in [2.05, 4.69) is 36.5 Å². The van der Waals surface area contributed by atoms with E-state index in [1.807, 2.05) is 0 Å². The lowest BCUT2D eigenvalue weighted by Crippen LogP contribution is -2.26. The van der Waals surface area contributed by atoms with Gasteiger partial charge in [-0.2, -0.15) is 0 Å². The molecule has 1 atom stereocenters. The van der Waals surface area contributed by atoms with E-state index in [1.165, 1.54) is 77.0 Å². The summed E-state index contributed by atoms with van der Waals surface area (Å²) in [5.74, 6) is 1.13. The Balaban J connectivity index is 1.72. The van der Waals surface area contributed by atoms with Crippen molar-refractivity contribution in [2.75, 3.05) is 27.2 Å². The molecule has 0 saturated carbocycles. The average molecular weight is 365 g/mol. The lowest BCUT2D eigenvalue weighted by atomic mass is 9.99. The summed E-state index contributed by atoms with van der Waals surface area (Å²) >= 11 is 0. The highest BCUT2D eigenvalue weighted by molar-refractivity contribution is 5.75. The first kappa shape index (κ1) is 23.2. The summed E-state index contributed by atoms with van der Waals surface area (Å²) in [7, 11) is 4.13. The summed E-state index contributed by atoms with van der Waals surface area (Å²) in [6.07, 6.45) is 24.0. The first-order valence-corrected chi connectivity index (χ1v) is 11.3. The van der Waals surface area contributed by atoms with Gasteiger partial charge in [-0.25, -0.2) is 0 Å². The molecule has 0 saturated heterocycles. The van der Waals surface area contributed by atoms with Gasteiger partial charge in [0, 0.05) is 13.0 Å². The summed E-state index contributed by atoms with van der Waals surface area (Å²) in [4.78, 5) is 13.9. The van der Waals surface area contributed by atoms with Gasteiger partial charge >= 0.3 is 0 Å². The Hall–Kier alpha value is -0.830. The summed E-state index contributed by atoms with van der Waals surface area (Å²) in [5, 5.41) is 3.02. The van der Waals surface area contributed by atoms with Gasteiger partial charge in [0.1, 0.15) is 0 Å². The molecule has 0 aliphatic heterocycles. The second-order valence-electron chi connectivity index (χ2n) is 8.35. The van der Waals surface area contributed by atoms with E-state index in [0.29, 0.717) is 6.42 Å². The second-order valence-corrected chi connectivity index (χ2v) is 8.35. The SMILES string of the molecule is CN(C)CCCNC(=O)CCCCCCCCCCCC[C@H]1C=CCC1. The normalized spacial score (nSPS) is 16.5. The predicted octanol–water partition coefficient (Wildman–Crippen LogP) is 5.70. The molecule has 0 aromatic rings. The minimum Gasteiger partial charge on any atom is -0.356 e. The van der Waals surface area contributed by atoms with Crippen molar-refractivity contribution in [3.8, 4) is 0 Å². The third-order valence-corrected chi connectivity index (χ3v) is 5.45. The van der Waals surface area contributed by atoms with Crippen LogP contribution in [-0.2, 0) is 4.79 Å². The van der Waals surface area contributed by atoms with Crippen LogP contribution in [0.15, 0.2) is 12.2 Å². The fourth-order valence-corrected chi connectivity index (χ4v) is 3.75. The molecule has 0 fully saturated rings. The quantitative estimate of drug-likeness (QED) is 0.265. The van der Waals surface area contributed by atoms with Gasteiger partial charge in [-0.1, -0.05) is 69.9 Å². The Morgan fingerprint density at radius 3 is 2.12 bits per heavy atom. The van der Waals surface area contributed by atoms with Gasteiger partial charge in [0.05, 0.1) is 0 Å². The molecule has 1 aliphatic rings. The predicted molar refractivity (Wildman–Crippen MR) is 113 cm³/mol. The van der Waals surface area contributed by atoms with Crippen molar-refractivity contribution in [3.05, 3.63) is 12.2 Å². The van der Waals surface area contributed by atoms with Crippen LogP contribution in [0, 0.1) is 5.92 Å². The molecule has 0 spiro atoms. The smallest absolute Gasteiger partial charge is 0.219 e. The van der Waals surface area contributed by atoms with Gasteiger partial charge in [0.15, 0.2) is 0 Å². The Morgan fingerprint density at radius 2 is 1.54 bits per heavy atom. The van der Waals surface area contributed by atoms with E-state index in [9.17, 15) is 4.79 Å². The molecule has 0 radical (unpaired) electrons. The maximum atomic E-state index is 11.7. The van der Waals surface area contributed by atoms with Gasteiger partial charge in [0.25, 0.3) is 0 Å². The van der Waals surface area contributed by atoms with E-state index in [-0.39, 0.29) is 5.91 Å². The van der Waals surface area contributed by atoms with Gasteiger partial charge in [-0.05, 0) is 58.7 Å². The molecule has 0 aromatic carbocycles. The number of hydrogen-bond donors (Lipinski definition) is 1. The topological polar surface area (TPSA) is 32.3 Å². The second kappa shape index (κ2) is 16.4. The highest BCUT2D eigenvalue weighted by Gasteiger charge is 2.07. The maximum Gasteiger partial charge on any atom is 0.219 e. The third-order valence-electron chi connectivity index (χ3n) is 5.45. The molecule has 0 bridgehead atoms. The van der Waals surface area contributed by atoms with Crippen molar-refractivity contribution >= 4 is 5.91 Å². The molecular weight excluding hydrogens is 320 g/mol. The molecule has 1 amide bonds. The van der Waals surface area contributed by atoms with Crippen LogP contribution in [0.2, 0.25) is 0 Å². The van der Waals surface area contributed by atoms with Crippen molar-refractivity contribution in [2.45, 2.75) is 96.3 Å². The number of carbonyl (C=O) groups is 1. The molecule has 0 heterocycles. The molecule has 1 aliphatic carbocycles. The minimum atomic E-state index is 0.233. The van der Waals surface area contributed by atoms with Gasteiger partial charge in [-0.15, -0.1) is 0 Å². The lowest BCUT2D eigenvalue weighted by Gasteiger charge is -2.09. The number of allylic oxidation sites excluding steroid dienone is 2. The van der Waals surface area contributed by atoms with Crippen LogP contribution in [0.3, 0.4) is 0 Å². The Morgan fingerprint density at radius 1 is 0.923 bits per heavy atom.